The van der Waals surface area contributed by atoms with E-state index in [-0.39, 0.29) is 11.8 Å². The molecule has 0 aromatic heterocycles. The van der Waals surface area contributed by atoms with Crippen LogP contribution >= 0.6 is 0 Å². The molecule has 1 saturated heterocycles. The Balaban J connectivity index is 1.61. The standard InChI is InChI=1S/C16H24N2O3/c1-12-9-13(6-8-21-12)5-7-17-16(20)18-11-14-3-2-4-15(19)10-14/h2-4,10,12-13,19H,5-9,11H2,1H3,(H2,17,18,20)/t12-,13-/m0/s1. The van der Waals surface area contributed by atoms with Crippen molar-refractivity contribution in [2.24, 2.45) is 5.92 Å². The summed E-state index contributed by atoms with van der Waals surface area (Å²) in [4.78, 5) is 11.7. The highest BCUT2D eigenvalue weighted by molar-refractivity contribution is 5.73. The van der Waals surface area contributed by atoms with E-state index in [2.05, 4.69) is 17.6 Å². The molecule has 1 aliphatic rings. The zero-order valence-electron chi connectivity index (χ0n) is 12.5. The predicted octanol–water partition coefficient (Wildman–Crippen LogP) is 2.40. The summed E-state index contributed by atoms with van der Waals surface area (Å²) < 4.78 is 5.51. The Bertz CT molecular complexity index is 465. The molecule has 5 nitrogen and oxygen atoms in total. The molecule has 5 heteroatoms. The summed E-state index contributed by atoms with van der Waals surface area (Å²) in [6.07, 6.45) is 3.49. The van der Waals surface area contributed by atoms with Crippen LogP contribution in [0.1, 0.15) is 31.7 Å². The predicted molar refractivity (Wildman–Crippen MR) is 81.1 cm³/mol. The Morgan fingerprint density at radius 2 is 2.29 bits per heavy atom. The number of carbonyl (C=O) groups excluding carboxylic acids is 1. The number of hydrogen-bond donors (Lipinski definition) is 3. The molecule has 0 bridgehead atoms. The molecule has 2 amide bonds. The number of carbonyl (C=O) groups is 1. The SMILES string of the molecule is C[C@H]1C[C@@H](CCNC(=O)NCc2cccc(O)c2)CCO1. The van der Waals surface area contributed by atoms with E-state index in [0.29, 0.717) is 25.1 Å². The van der Waals surface area contributed by atoms with E-state index in [0.717, 1.165) is 31.4 Å². The van der Waals surface area contributed by atoms with E-state index in [1.807, 2.05) is 6.07 Å². The van der Waals surface area contributed by atoms with Gasteiger partial charge in [-0.2, -0.15) is 0 Å². The minimum absolute atomic E-state index is 0.168. The summed E-state index contributed by atoms with van der Waals surface area (Å²) in [7, 11) is 0. The molecule has 0 radical (unpaired) electrons. The van der Waals surface area contributed by atoms with Gasteiger partial charge in [0.25, 0.3) is 0 Å². The van der Waals surface area contributed by atoms with Gasteiger partial charge in [0.15, 0.2) is 0 Å². The van der Waals surface area contributed by atoms with Gasteiger partial charge in [0, 0.05) is 19.7 Å². The topological polar surface area (TPSA) is 70.6 Å². The third kappa shape index (κ3) is 5.63. The van der Waals surface area contributed by atoms with Crippen LogP contribution in [0.4, 0.5) is 4.79 Å². The van der Waals surface area contributed by atoms with Crippen molar-refractivity contribution >= 4 is 6.03 Å². The van der Waals surface area contributed by atoms with E-state index in [4.69, 9.17) is 4.74 Å². The average molecular weight is 292 g/mol. The molecule has 21 heavy (non-hydrogen) atoms. The number of rotatable bonds is 5. The molecule has 1 heterocycles. The lowest BCUT2D eigenvalue weighted by atomic mass is 9.93. The number of benzene rings is 1. The van der Waals surface area contributed by atoms with Crippen molar-refractivity contribution < 1.29 is 14.6 Å². The van der Waals surface area contributed by atoms with Crippen LogP contribution in [0.3, 0.4) is 0 Å². The highest BCUT2D eigenvalue weighted by Gasteiger charge is 2.18. The zero-order chi connectivity index (χ0) is 15.1. The lowest BCUT2D eigenvalue weighted by molar-refractivity contribution is 0.00117. The fourth-order valence-electron chi connectivity index (χ4n) is 2.65. The third-order valence-corrected chi connectivity index (χ3v) is 3.80. The molecule has 1 fully saturated rings. The van der Waals surface area contributed by atoms with Crippen LogP contribution in [0.2, 0.25) is 0 Å². The summed E-state index contributed by atoms with van der Waals surface area (Å²) in [5.41, 5.74) is 0.878. The number of aromatic hydroxyl groups is 1. The molecule has 0 saturated carbocycles. The fraction of sp³-hybridized carbons (Fsp3) is 0.562. The molecular weight excluding hydrogens is 268 g/mol. The van der Waals surface area contributed by atoms with E-state index in [1.54, 1.807) is 18.2 Å². The molecular formula is C16H24N2O3. The van der Waals surface area contributed by atoms with Crippen LogP contribution in [0.5, 0.6) is 5.75 Å². The van der Waals surface area contributed by atoms with Crippen molar-refractivity contribution in [1.82, 2.24) is 10.6 Å². The average Bonchev–Trinajstić information content (AvgIpc) is 2.45. The van der Waals surface area contributed by atoms with Gasteiger partial charge in [-0.25, -0.2) is 4.79 Å². The smallest absolute Gasteiger partial charge is 0.315 e. The maximum atomic E-state index is 11.7. The largest absolute Gasteiger partial charge is 0.508 e. The van der Waals surface area contributed by atoms with Gasteiger partial charge in [-0.1, -0.05) is 12.1 Å². The molecule has 3 N–H and O–H groups in total. The molecule has 2 rings (SSSR count). The molecule has 1 aromatic rings. The summed E-state index contributed by atoms with van der Waals surface area (Å²) in [6, 6.07) is 6.71. The first-order valence-corrected chi connectivity index (χ1v) is 7.54. The third-order valence-electron chi connectivity index (χ3n) is 3.80. The van der Waals surface area contributed by atoms with Crippen molar-refractivity contribution in [1.29, 1.82) is 0 Å². The molecule has 1 aliphatic heterocycles. The lowest BCUT2D eigenvalue weighted by Gasteiger charge is -2.27. The quantitative estimate of drug-likeness (QED) is 0.780. The van der Waals surface area contributed by atoms with Crippen LogP contribution in [0.25, 0.3) is 0 Å². The van der Waals surface area contributed by atoms with Gasteiger partial charge in [-0.15, -0.1) is 0 Å². The van der Waals surface area contributed by atoms with Crippen LogP contribution in [0.15, 0.2) is 24.3 Å². The minimum Gasteiger partial charge on any atom is -0.508 e. The van der Waals surface area contributed by atoms with Gasteiger partial charge < -0.3 is 20.5 Å². The molecule has 2 atom stereocenters. The van der Waals surface area contributed by atoms with E-state index < -0.39 is 0 Å². The van der Waals surface area contributed by atoms with E-state index in [1.165, 1.54) is 0 Å². The zero-order valence-corrected chi connectivity index (χ0v) is 12.5. The van der Waals surface area contributed by atoms with Gasteiger partial charge in [-0.3, -0.25) is 0 Å². The summed E-state index contributed by atoms with van der Waals surface area (Å²) in [6.45, 7) is 4.02. The molecule has 0 unspecified atom stereocenters. The van der Waals surface area contributed by atoms with Crippen molar-refractivity contribution in [2.45, 2.75) is 38.8 Å². The fourth-order valence-corrected chi connectivity index (χ4v) is 2.65. The number of urea groups is 1. The number of phenolic OH excluding ortho intramolecular Hbond substituents is 1. The molecule has 1 aromatic carbocycles. The molecule has 0 spiro atoms. The van der Waals surface area contributed by atoms with Gasteiger partial charge in [0.2, 0.25) is 0 Å². The number of amides is 2. The van der Waals surface area contributed by atoms with Crippen molar-refractivity contribution in [3.63, 3.8) is 0 Å². The van der Waals surface area contributed by atoms with Gasteiger partial charge in [0.1, 0.15) is 5.75 Å². The summed E-state index contributed by atoms with van der Waals surface area (Å²) in [5.74, 6) is 0.850. The first kappa shape index (κ1) is 15.6. The van der Waals surface area contributed by atoms with Crippen molar-refractivity contribution in [3.8, 4) is 5.75 Å². The minimum atomic E-state index is -0.168. The first-order valence-electron chi connectivity index (χ1n) is 7.54. The van der Waals surface area contributed by atoms with Gasteiger partial charge in [0.05, 0.1) is 6.10 Å². The second kappa shape index (κ2) is 7.88. The van der Waals surface area contributed by atoms with Gasteiger partial charge in [-0.05, 0) is 49.8 Å². The number of ether oxygens (including phenoxy) is 1. The maximum absolute atomic E-state index is 11.7. The van der Waals surface area contributed by atoms with Crippen LogP contribution in [-0.2, 0) is 11.3 Å². The lowest BCUT2D eigenvalue weighted by Crippen LogP contribution is -2.36. The Kier molecular flexibility index (Phi) is 5.87. The molecule has 0 aliphatic carbocycles. The highest BCUT2D eigenvalue weighted by atomic mass is 16.5. The van der Waals surface area contributed by atoms with Gasteiger partial charge >= 0.3 is 6.03 Å². The second-order valence-electron chi connectivity index (χ2n) is 5.64. The van der Waals surface area contributed by atoms with Crippen LogP contribution < -0.4 is 10.6 Å². The number of phenols is 1. The molecule has 116 valence electrons. The number of hydrogen-bond acceptors (Lipinski definition) is 3. The Labute approximate surface area is 125 Å². The Morgan fingerprint density at radius 3 is 3.05 bits per heavy atom. The highest BCUT2D eigenvalue weighted by Crippen LogP contribution is 2.22. The Hall–Kier alpha value is -1.75. The first-order chi connectivity index (χ1) is 10.1. The summed E-state index contributed by atoms with van der Waals surface area (Å²) in [5, 5.41) is 15.0. The van der Waals surface area contributed by atoms with E-state index in [9.17, 15) is 9.90 Å². The van der Waals surface area contributed by atoms with E-state index >= 15 is 0 Å². The Morgan fingerprint density at radius 1 is 1.43 bits per heavy atom. The van der Waals surface area contributed by atoms with Crippen LogP contribution in [-0.4, -0.2) is 30.4 Å². The maximum Gasteiger partial charge on any atom is 0.315 e. The van der Waals surface area contributed by atoms with Crippen LogP contribution in [0, 0.1) is 5.92 Å². The van der Waals surface area contributed by atoms with Crippen molar-refractivity contribution in [2.75, 3.05) is 13.2 Å². The van der Waals surface area contributed by atoms with Crippen molar-refractivity contribution in [3.05, 3.63) is 29.8 Å². The normalized spacial score (nSPS) is 21.8. The summed E-state index contributed by atoms with van der Waals surface area (Å²) >= 11 is 0. The number of nitrogens with one attached hydrogen (secondary N) is 2. The monoisotopic (exact) mass is 292 g/mol. The second-order valence-corrected chi connectivity index (χ2v) is 5.64.